The Labute approximate surface area is 439 Å². The third-order valence-corrected chi connectivity index (χ3v) is 13.2. The van der Waals surface area contributed by atoms with Crippen LogP contribution in [-0.4, -0.2) is 190 Å². The molecule has 2 fully saturated rings. The third-order valence-electron chi connectivity index (χ3n) is 12.3. The molecule has 2 aromatic carbocycles. The number of thiazole rings is 1. The molecule has 0 aliphatic carbocycles. The number of piperidine rings is 1. The fraction of sp³-hybridized carbons (Fsp3) is 0.549. The van der Waals surface area contributed by atoms with Crippen molar-refractivity contribution < 1.29 is 71.9 Å². The van der Waals surface area contributed by atoms with Crippen molar-refractivity contribution in [1.29, 1.82) is 0 Å². The van der Waals surface area contributed by atoms with Crippen molar-refractivity contribution in [3.05, 3.63) is 70.4 Å². The van der Waals surface area contributed by atoms with E-state index in [0.29, 0.717) is 45.3 Å². The number of β-amino-alcohol motifs (C(OH)–C–C–N with tert-alkyl or cyclic N) is 1. The number of aliphatic hydroxyl groups excluding tert-OH is 1. The smallest absolute Gasteiger partial charge is 0.264 e. The van der Waals surface area contributed by atoms with Crippen LogP contribution in [-0.2, 0) is 63.7 Å². The number of nitrogens with zero attached hydrogens (tertiary/aromatic N) is 3. The number of rotatable bonds is 30. The zero-order valence-corrected chi connectivity index (χ0v) is 43.6. The van der Waals surface area contributed by atoms with Gasteiger partial charge in [-0.3, -0.25) is 48.6 Å². The number of amides is 8. The summed E-state index contributed by atoms with van der Waals surface area (Å²) in [7, 11) is 0. The van der Waals surface area contributed by atoms with Crippen molar-refractivity contribution in [3.8, 4) is 10.4 Å². The SMILES string of the molecule is Cc1ncsc1-c1ccc(CNC(=O)[C@@H]2C[C@@H](O)CN2C(=O)[C@@H](NC(=O)COCCOCCOCCOCCOCCOCC(=O)NCCNc2cccc3c2C(=O)N(C2CCC(=O)NC2=O)C3=O)C(C)(C)C)cc1. The second-order valence-electron chi connectivity index (χ2n) is 19.0. The van der Waals surface area contributed by atoms with E-state index in [-0.39, 0.29) is 108 Å². The molecular formula is C51H68N8O15S. The lowest BCUT2D eigenvalue weighted by Crippen LogP contribution is -2.58. The summed E-state index contributed by atoms with van der Waals surface area (Å²) < 4.78 is 32.9. The Morgan fingerprint density at radius 1 is 0.800 bits per heavy atom. The van der Waals surface area contributed by atoms with Crippen molar-refractivity contribution >= 4 is 64.3 Å². The minimum Gasteiger partial charge on any atom is -0.391 e. The van der Waals surface area contributed by atoms with E-state index in [1.807, 2.05) is 52.0 Å². The second-order valence-corrected chi connectivity index (χ2v) is 19.8. The summed E-state index contributed by atoms with van der Waals surface area (Å²) in [5.74, 6) is -4.09. The topological polar surface area (TPSA) is 292 Å². The number of aryl methyl sites for hydroxylation is 1. The number of carbonyl (C=O) groups excluding carboxylic acids is 8. The van der Waals surface area contributed by atoms with Crippen LogP contribution in [0.2, 0.25) is 0 Å². The zero-order valence-electron chi connectivity index (χ0n) is 42.8. The van der Waals surface area contributed by atoms with E-state index in [2.05, 4.69) is 31.6 Å². The minimum absolute atomic E-state index is 0.0240. The molecule has 6 N–H and O–H groups in total. The molecule has 0 saturated carbocycles. The first-order chi connectivity index (χ1) is 36.0. The number of fused-ring (bicyclic) bond motifs is 1. The number of hydrogen-bond donors (Lipinski definition) is 6. The predicted molar refractivity (Wildman–Crippen MR) is 271 cm³/mol. The van der Waals surface area contributed by atoms with Crippen LogP contribution in [0.15, 0.2) is 48.0 Å². The first-order valence-corrected chi connectivity index (χ1v) is 25.8. The number of ether oxygens (including phenoxy) is 6. The number of anilines is 1. The number of imide groups is 2. The molecular weight excluding hydrogens is 997 g/mol. The lowest BCUT2D eigenvalue weighted by molar-refractivity contribution is -0.144. The Bertz CT molecular complexity index is 2470. The van der Waals surface area contributed by atoms with E-state index in [1.54, 1.807) is 29.0 Å². The highest BCUT2D eigenvalue weighted by Crippen LogP contribution is 2.33. The van der Waals surface area contributed by atoms with Gasteiger partial charge in [0.25, 0.3) is 11.8 Å². The van der Waals surface area contributed by atoms with Gasteiger partial charge in [0.2, 0.25) is 35.4 Å². The Morgan fingerprint density at radius 2 is 1.41 bits per heavy atom. The van der Waals surface area contributed by atoms with Crippen molar-refractivity contribution in [2.75, 3.05) is 104 Å². The lowest BCUT2D eigenvalue weighted by Gasteiger charge is -2.35. The fourth-order valence-electron chi connectivity index (χ4n) is 8.42. The van der Waals surface area contributed by atoms with Crippen LogP contribution in [0, 0.1) is 12.3 Å². The molecule has 1 aromatic heterocycles. The van der Waals surface area contributed by atoms with Crippen molar-refractivity contribution in [3.63, 3.8) is 0 Å². The van der Waals surface area contributed by atoms with Gasteiger partial charge in [-0.15, -0.1) is 11.3 Å². The molecule has 0 spiro atoms. The maximum absolute atomic E-state index is 13.9. The monoisotopic (exact) mass is 1060 g/mol. The molecule has 75 heavy (non-hydrogen) atoms. The van der Waals surface area contributed by atoms with Crippen LogP contribution >= 0.6 is 11.3 Å². The minimum atomic E-state index is -1.07. The van der Waals surface area contributed by atoms with Gasteiger partial charge in [0.15, 0.2) is 0 Å². The van der Waals surface area contributed by atoms with E-state index in [1.165, 1.54) is 11.0 Å². The number of aliphatic hydroxyl groups is 1. The largest absolute Gasteiger partial charge is 0.391 e. The fourth-order valence-corrected chi connectivity index (χ4v) is 9.23. The summed E-state index contributed by atoms with van der Waals surface area (Å²) in [4.78, 5) is 110. The van der Waals surface area contributed by atoms with Gasteiger partial charge in [-0.1, -0.05) is 51.1 Å². The van der Waals surface area contributed by atoms with E-state index >= 15 is 0 Å². The highest BCUT2D eigenvalue weighted by molar-refractivity contribution is 7.13. The molecule has 3 aliphatic heterocycles. The molecule has 24 heteroatoms. The van der Waals surface area contributed by atoms with E-state index in [0.717, 1.165) is 26.6 Å². The van der Waals surface area contributed by atoms with Crippen molar-refractivity contribution in [1.82, 2.24) is 36.1 Å². The Kier molecular flexibility index (Phi) is 22.1. The van der Waals surface area contributed by atoms with Gasteiger partial charge in [-0.25, -0.2) is 4.98 Å². The number of aromatic nitrogens is 1. The molecule has 4 atom stereocenters. The number of carbonyl (C=O) groups is 8. The average molecular weight is 1070 g/mol. The molecule has 3 aliphatic rings. The summed E-state index contributed by atoms with van der Waals surface area (Å²) >= 11 is 1.56. The van der Waals surface area contributed by atoms with Crippen LogP contribution in [0.5, 0.6) is 0 Å². The van der Waals surface area contributed by atoms with Crippen LogP contribution < -0.4 is 26.6 Å². The van der Waals surface area contributed by atoms with Crippen LogP contribution in [0.1, 0.15) is 72.0 Å². The Balaban J connectivity index is 0.731. The first-order valence-electron chi connectivity index (χ1n) is 24.9. The number of likely N-dealkylation sites (tertiary alicyclic amines) is 1. The molecule has 6 rings (SSSR count). The first kappa shape index (κ1) is 58.0. The molecule has 1 unspecified atom stereocenters. The lowest BCUT2D eigenvalue weighted by atomic mass is 9.85. The Hall–Kier alpha value is -6.25. The van der Waals surface area contributed by atoms with Gasteiger partial charge in [-0.05, 0) is 42.0 Å². The van der Waals surface area contributed by atoms with Crippen LogP contribution in [0.3, 0.4) is 0 Å². The summed E-state index contributed by atoms with van der Waals surface area (Å²) in [6.07, 6.45) is -0.728. The molecule has 3 aromatic rings. The maximum atomic E-state index is 13.9. The molecule has 23 nitrogen and oxygen atoms in total. The van der Waals surface area contributed by atoms with Crippen LogP contribution in [0.25, 0.3) is 10.4 Å². The number of benzene rings is 2. The highest BCUT2D eigenvalue weighted by atomic mass is 32.1. The van der Waals surface area contributed by atoms with Gasteiger partial charge in [0.1, 0.15) is 31.3 Å². The third kappa shape index (κ3) is 16.9. The van der Waals surface area contributed by atoms with Gasteiger partial charge < -0.3 is 59.7 Å². The summed E-state index contributed by atoms with van der Waals surface area (Å²) in [6, 6.07) is 9.60. The molecule has 408 valence electrons. The van der Waals surface area contributed by atoms with Crippen molar-refractivity contribution in [2.24, 2.45) is 5.41 Å². The van der Waals surface area contributed by atoms with Crippen LogP contribution in [0.4, 0.5) is 5.69 Å². The standard InChI is InChI=1S/C51H68N8O15S/c1-32-44(75-31-55-32)34-10-8-33(9-11-34)27-54-46(64)39-26-35(60)28-58(39)50(68)45(51(2,3)4)56-42(63)30-74-25-23-72-21-19-70-17-16-69-18-20-71-22-24-73-29-41(62)53-15-14-52-37-7-5-6-36-43(37)49(67)59(48(36)66)38-12-13-40(61)57-47(38)65/h5-11,31,35,38-39,45,52,60H,12-30H2,1-4H3,(H,53,62)(H,54,64)(H,56,63)(H,57,61,65)/t35-,38?,39+,45-/m1/s1. The quantitative estimate of drug-likeness (QED) is 0.0400. The van der Waals surface area contributed by atoms with Gasteiger partial charge in [0.05, 0.1) is 99.4 Å². The second kappa shape index (κ2) is 28.6. The molecule has 4 heterocycles. The van der Waals surface area contributed by atoms with Gasteiger partial charge in [0, 0.05) is 44.7 Å². The maximum Gasteiger partial charge on any atom is 0.264 e. The van der Waals surface area contributed by atoms with Gasteiger partial charge >= 0.3 is 0 Å². The molecule has 0 radical (unpaired) electrons. The van der Waals surface area contributed by atoms with E-state index < -0.39 is 65.1 Å². The average Bonchev–Trinajstić information content (AvgIpc) is 4.07. The molecule has 2 saturated heterocycles. The predicted octanol–water partition coefficient (Wildman–Crippen LogP) is 0.957. The molecule has 8 amide bonds. The van der Waals surface area contributed by atoms with E-state index in [4.69, 9.17) is 28.4 Å². The number of nitrogens with one attached hydrogen (secondary N) is 5. The van der Waals surface area contributed by atoms with Gasteiger partial charge in [-0.2, -0.15) is 0 Å². The van der Waals surface area contributed by atoms with E-state index in [9.17, 15) is 43.5 Å². The number of hydrogen-bond acceptors (Lipinski definition) is 18. The Morgan fingerprint density at radius 3 is 2.00 bits per heavy atom. The highest BCUT2D eigenvalue weighted by Gasteiger charge is 2.46. The summed E-state index contributed by atoms with van der Waals surface area (Å²) in [5, 5.41) is 24.1. The summed E-state index contributed by atoms with van der Waals surface area (Å²) in [5.41, 5.74) is 4.62. The normalized spacial score (nSPS) is 18.0. The molecule has 0 bridgehead atoms. The van der Waals surface area contributed by atoms with Crippen molar-refractivity contribution in [2.45, 2.75) is 77.7 Å². The zero-order chi connectivity index (χ0) is 53.9. The summed E-state index contributed by atoms with van der Waals surface area (Å²) in [6.45, 7) is 10.2.